The molecule has 1 fully saturated rings. The lowest BCUT2D eigenvalue weighted by molar-refractivity contribution is 0.717. The monoisotopic (exact) mass is 240 g/mol. The van der Waals surface area contributed by atoms with Crippen LogP contribution in [0.5, 0.6) is 0 Å². The lowest BCUT2D eigenvalue weighted by Gasteiger charge is -2.13. The van der Waals surface area contributed by atoms with E-state index in [1.165, 1.54) is 36.8 Å². The molecule has 1 aromatic carbocycles. The van der Waals surface area contributed by atoms with Gasteiger partial charge in [-0.1, -0.05) is 36.6 Å². The van der Waals surface area contributed by atoms with Crippen molar-refractivity contribution in [2.75, 3.05) is 0 Å². The van der Waals surface area contributed by atoms with E-state index >= 15 is 0 Å². The SMILES string of the molecule is Cc1cc(Cn2ccnc2)cc(C2CCCC2)c1. The first-order valence-corrected chi connectivity index (χ1v) is 6.87. The molecular weight excluding hydrogens is 220 g/mol. The van der Waals surface area contributed by atoms with Gasteiger partial charge in [-0.15, -0.1) is 0 Å². The van der Waals surface area contributed by atoms with E-state index in [4.69, 9.17) is 0 Å². The molecular formula is C16H20N2. The van der Waals surface area contributed by atoms with Crippen LogP contribution in [0.2, 0.25) is 0 Å². The smallest absolute Gasteiger partial charge is 0.0949 e. The molecule has 0 saturated heterocycles. The zero-order valence-electron chi connectivity index (χ0n) is 11.0. The van der Waals surface area contributed by atoms with Crippen molar-refractivity contribution in [3.05, 3.63) is 53.6 Å². The van der Waals surface area contributed by atoms with Crippen molar-refractivity contribution in [3.8, 4) is 0 Å². The van der Waals surface area contributed by atoms with Crippen molar-refractivity contribution < 1.29 is 0 Å². The molecule has 2 heteroatoms. The minimum atomic E-state index is 0.798. The molecule has 2 aromatic rings. The number of aryl methyl sites for hydroxylation is 1. The van der Waals surface area contributed by atoms with Crippen LogP contribution in [0.4, 0.5) is 0 Å². The summed E-state index contributed by atoms with van der Waals surface area (Å²) in [5.74, 6) is 0.798. The second-order valence-corrected chi connectivity index (χ2v) is 5.47. The van der Waals surface area contributed by atoms with Crippen LogP contribution in [0, 0.1) is 6.92 Å². The molecule has 0 unspecified atom stereocenters. The van der Waals surface area contributed by atoms with Crippen molar-refractivity contribution in [1.82, 2.24) is 9.55 Å². The average Bonchev–Trinajstić information content (AvgIpc) is 3.00. The number of hydrogen-bond donors (Lipinski definition) is 0. The van der Waals surface area contributed by atoms with Gasteiger partial charge in [-0.2, -0.15) is 0 Å². The largest absolute Gasteiger partial charge is 0.333 e. The maximum Gasteiger partial charge on any atom is 0.0949 e. The van der Waals surface area contributed by atoms with Gasteiger partial charge in [-0.3, -0.25) is 0 Å². The summed E-state index contributed by atoms with van der Waals surface area (Å²) in [6.45, 7) is 3.14. The summed E-state index contributed by atoms with van der Waals surface area (Å²) in [6, 6.07) is 7.05. The predicted molar refractivity (Wildman–Crippen MR) is 73.7 cm³/mol. The van der Waals surface area contributed by atoms with Crippen molar-refractivity contribution in [2.24, 2.45) is 0 Å². The van der Waals surface area contributed by atoms with Gasteiger partial charge in [-0.25, -0.2) is 4.98 Å². The summed E-state index contributed by atoms with van der Waals surface area (Å²) in [5.41, 5.74) is 4.33. The van der Waals surface area contributed by atoms with Crippen LogP contribution in [0.15, 0.2) is 36.9 Å². The van der Waals surface area contributed by atoms with E-state index in [0.717, 1.165) is 12.5 Å². The average molecular weight is 240 g/mol. The summed E-state index contributed by atoms with van der Waals surface area (Å²) < 4.78 is 2.13. The molecule has 18 heavy (non-hydrogen) atoms. The highest BCUT2D eigenvalue weighted by Crippen LogP contribution is 2.34. The standard InChI is InChI=1S/C16H20N2/c1-13-8-14(11-18-7-6-17-12-18)10-16(9-13)15-4-2-3-5-15/h6-10,12,15H,2-5,11H2,1H3. The van der Waals surface area contributed by atoms with Gasteiger partial charge in [0, 0.05) is 18.9 Å². The highest BCUT2D eigenvalue weighted by molar-refractivity contribution is 5.32. The van der Waals surface area contributed by atoms with E-state index in [2.05, 4.69) is 34.7 Å². The van der Waals surface area contributed by atoms with Crippen LogP contribution in [-0.2, 0) is 6.54 Å². The van der Waals surface area contributed by atoms with Crippen molar-refractivity contribution in [3.63, 3.8) is 0 Å². The zero-order chi connectivity index (χ0) is 12.4. The van der Waals surface area contributed by atoms with Gasteiger partial charge < -0.3 is 4.57 Å². The predicted octanol–water partition coefficient (Wildman–Crippen LogP) is 3.90. The van der Waals surface area contributed by atoms with Gasteiger partial charge in [0.15, 0.2) is 0 Å². The molecule has 3 rings (SSSR count). The molecule has 0 N–H and O–H groups in total. The Hall–Kier alpha value is -1.57. The highest BCUT2D eigenvalue weighted by atomic mass is 15.0. The van der Waals surface area contributed by atoms with Crippen LogP contribution in [-0.4, -0.2) is 9.55 Å². The Balaban J connectivity index is 1.85. The zero-order valence-corrected chi connectivity index (χ0v) is 11.0. The first-order valence-electron chi connectivity index (χ1n) is 6.87. The molecule has 94 valence electrons. The topological polar surface area (TPSA) is 17.8 Å². The van der Waals surface area contributed by atoms with Gasteiger partial charge in [-0.05, 0) is 36.8 Å². The maximum atomic E-state index is 4.10. The Morgan fingerprint density at radius 3 is 2.78 bits per heavy atom. The van der Waals surface area contributed by atoms with Crippen molar-refractivity contribution in [1.29, 1.82) is 0 Å². The van der Waals surface area contributed by atoms with Crippen molar-refractivity contribution >= 4 is 0 Å². The number of imidazole rings is 1. The highest BCUT2D eigenvalue weighted by Gasteiger charge is 2.17. The number of hydrogen-bond acceptors (Lipinski definition) is 1. The summed E-state index contributed by atoms with van der Waals surface area (Å²) in [5, 5.41) is 0. The van der Waals surface area contributed by atoms with Crippen LogP contribution in [0.3, 0.4) is 0 Å². The van der Waals surface area contributed by atoms with Gasteiger partial charge in [0.1, 0.15) is 0 Å². The Morgan fingerprint density at radius 1 is 1.22 bits per heavy atom. The van der Waals surface area contributed by atoms with E-state index in [-0.39, 0.29) is 0 Å². The third kappa shape index (κ3) is 2.47. The normalized spacial score (nSPS) is 16.3. The minimum Gasteiger partial charge on any atom is -0.333 e. The van der Waals surface area contributed by atoms with E-state index < -0.39 is 0 Å². The third-order valence-electron chi connectivity index (χ3n) is 3.91. The molecule has 0 bridgehead atoms. The summed E-state index contributed by atoms with van der Waals surface area (Å²) in [6.07, 6.45) is 11.3. The van der Waals surface area contributed by atoms with Gasteiger partial charge in [0.25, 0.3) is 0 Å². The van der Waals surface area contributed by atoms with E-state index in [1.807, 2.05) is 18.7 Å². The molecule has 0 atom stereocenters. The lowest BCUT2D eigenvalue weighted by atomic mass is 9.94. The second-order valence-electron chi connectivity index (χ2n) is 5.47. The number of benzene rings is 1. The molecule has 0 spiro atoms. The Morgan fingerprint density at radius 2 is 2.06 bits per heavy atom. The van der Waals surface area contributed by atoms with Crippen LogP contribution in [0.25, 0.3) is 0 Å². The van der Waals surface area contributed by atoms with Gasteiger partial charge in [0.05, 0.1) is 6.33 Å². The van der Waals surface area contributed by atoms with Crippen LogP contribution < -0.4 is 0 Å². The van der Waals surface area contributed by atoms with Gasteiger partial charge in [0.2, 0.25) is 0 Å². The quantitative estimate of drug-likeness (QED) is 0.795. The number of aromatic nitrogens is 2. The minimum absolute atomic E-state index is 0.798. The second kappa shape index (κ2) is 4.97. The van der Waals surface area contributed by atoms with E-state index in [1.54, 1.807) is 5.56 Å². The molecule has 1 aromatic heterocycles. The molecule has 1 saturated carbocycles. The van der Waals surface area contributed by atoms with Crippen LogP contribution >= 0.6 is 0 Å². The number of rotatable bonds is 3. The Labute approximate surface area is 109 Å². The number of nitrogens with zero attached hydrogens (tertiary/aromatic N) is 2. The van der Waals surface area contributed by atoms with Gasteiger partial charge >= 0.3 is 0 Å². The lowest BCUT2D eigenvalue weighted by Crippen LogP contribution is -2.00. The van der Waals surface area contributed by atoms with E-state index in [0.29, 0.717) is 0 Å². The fraction of sp³-hybridized carbons (Fsp3) is 0.438. The first kappa shape index (κ1) is 11.5. The van der Waals surface area contributed by atoms with Crippen molar-refractivity contribution in [2.45, 2.75) is 45.1 Å². The summed E-state index contributed by atoms with van der Waals surface area (Å²) in [4.78, 5) is 4.10. The maximum absolute atomic E-state index is 4.10. The molecule has 2 nitrogen and oxygen atoms in total. The fourth-order valence-corrected chi connectivity index (χ4v) is 3.07. The summed E-state index contributed by atoms with van der Waals surface area (Å²) in [7, 11) is 0. The molecule has 1 aliphatic carbocycles. The molecule has 0 aliphatic heterocycles. The molecule has 0 amide bonds. The molecule has 1 aliphatic rings. The Bertz CT molecular complexity index is 508. The fourth-order valence-electron chi connectivity index (χ4n) is 3.07. The first-order chi connectivity index (χ1) is 8.81. The summed E-state index contributed by atoms with van der Waals surface area (Å²) >= 11 is 0. The molecule has 0 radical (unpaired) electrons. The van der Waals surface area contributed by atoms with E-state index in [9.17, 15) is 0 Å². The third-order valence-corrected chi connectivity index (χ3v) is 3.91. The Kier molecular flexibility index (Phi) is 3.18. The van der Waals surface area contributed by atoms with Crippen LogP contribution in [0.1, 0.15) is 48.3 Å². The molecule has 1 heterocycles.